The third-order valence-electron chi connectivity index (χ3n) is 7.52. The summed E-state index contributed by atoms with van der Waals surface area (Å²) in [4.78, 5) is 0. The van der Waals surface area contributed by atoms with Crippen molar-refractivity contribution in [3.63, 3.8) is 0 Å². The van der Waals surface area contributed by atoms with E-state index in [1.165, 1.54) is 0 Å². The van der Waals surface area contributed by atoms with Gasteiger partial charge in [0.25, 0.3) is 0 Å². The lowest BCUT2D eigenvalue weighted by molar-refractivity contribution is 0.422. The van der Waals surface area contributed by atoms with Crippen molar-refractivity contribution in [2.45, 2.75) is 118 Å². The van der Waals surface area contributed by atoms with E-state index in [-0.39, 0.29) is 27.4 Å². The molecule has 3 aromatic carbocycles. The Morgan fingerprint density at radius 3 is 1.10 bits per heavy atom. The minimum Gasteiger partial charge on any atom is -0.508 e. The Bertz CT molecular complexity index is 1280. The Balaban J connectivity index is 2.07. The fourth-order valence-corrected chi connectivity index (χ4v) is 5.23. The molecule has 0 aromatic heterocycles. The van der Waals surface area contributed by atoms with Gasteiger partial charge in [0, 0.05) is 6.42 Å². The predicted octanol–water partition coefficient (Wildman–Crippen LogP) is 9.18. The van der Waals surface area contributed by atoms with Crippen LogP contribution >= 0.6 is 0 Å². The first kappa shape index (κ1) is 30.6. The van der Waals surface area contributed by atoms with Crippen molar-refractivity contribution in [2.24, 2.45) is 0 Å². The second kappa shape index (κ2) is 10.2. The summed E-state index contributed by atoms with van der Waals surface area (Å²) in [5.74, 6) is 1.04. The minimum absolute atomic E-state index is 0.186. The second-order valence-electron chi connectivity index (χ2n) is 15.4. The second-order valence-corrected chi connectivity index (χ2v) is 15.4. The van der Waals surface area contributed by atoms with Gasteiger partial charge in [-0.3, -0.25) is 0 Å². The zero-order valence-electron chi connectivity index (χ0n) is 26.3. The summed E-state index contributed by atoms with van der Waals surface area (Å²) in [5.41, 5.74) is 7.17. The SMILES string of the molecule is CC(C)(C)c1cc(Cc2ccc(O)c(Cc3cc(C(C)(C)C)c(O)c(C(C)(C)C)c3)c2)cc(C(C)(C)C)c1O. The standard InChI is InChI=1S/C36H50O3/c1-33(2,3)26-18-23(19-27(31(26)38)34(4,5)6)15-22-13-14-30(37)25(16-22)17-24-20-28(35(7,8)9)32(39)29(21-24)36(10,11)12/h13-14,16,18-21,37-39H,15,17H2,1-12H3. The monoisotopic (exact) mass is 530 g/mol. The molecule has 0 radical (unpaired) electrons. The molecule has 3 nitrogen and oxygen atoms in total. The zero-order chi connectivity index (χ0) is 29.7. The van der Waals surface area contributed by atoms with Gasteiger partial charge in [-0.15, -0.1) is 0 Å². The van der Waals surface area contributed by atoms with Crippen LogP contribution in [0.3, 0.4) is 0 Å². The van der Waals surface area contributed by atoms with Gasteiger partial charge in [-0.2, -0.15) is 0 Å². The summed E-state index contributed by atoms with van der Waals surface area (Å²) in [6.07, 6.45) is 1.28. The van der Waals surface area contributed by atoms with Crippen molar-refractivity contribution < 1.29 is 15.3 Å². The molecule has 0 bridgehead atoms. The summed E-state index contributed by atoms with van der Waals surface area (Å²) in [5, 5.41) is 33.1. The van der Waals surface area contributed by atoms with Crippen LogP contribution < -0.4 is 0 Å². The fourth-order valence-electron chi connectivity index (χ4n) is 5.23. The Labute approximate surface area is 236 Å². The average Bonchev–Trinajstić information content (AvgIpc) is 2.75. The molecular formula is C36H50O3. The quantitative estimate of drug-likeness (QED) is 0.315. The highest BCUT2D eigenvalue weighted by molar-refractivity contribution is 5.53. The molecule has 0 aliphatic rings. The van der Waals surface area contributed by atoms with Gasteiger partial charge in [-0.05, 0) is 78.7 Å². The molecule has 3 N–H and O–H groups in total. The van der Waals surface area contributed by atoms with Crippen LogP contribution in [0.4, 0.5) is 0 Å². The van der Waals surface area contributed by atoms with Gasteiger partial charge in [0.05, 0.1) is 0 Å². The highest BCUT2D eigenvalue weighted by Gasteiger charge is 2.28. The summed E-state index contributed by atoms with van der Waals surface area (Å²) in [6, 6.07) is 14.3. The molecule has 0 amide bonds. The fraction of sp³-hybridized carbons (Fsp3) is 0.500. The lowest BCUT2D eigenvalue weighted by Crippen LogP contribution is -2.18. The van der Waals surface area contributed by atoms with Gasteiger partial charge in [0.2, 0.25) is 0 Å². The lowest BCUT2D eigenvalue weighted by atomic mass is 9.77. The smallest absolute Gasteiger partial charge is 0.123 e. The number of phenols is 3. The maximum absolute atomic E-state index is 11.1. The molecule has 3 rings (SSSR count). The van der Waals surface area contributed by atoms with E-state index >= 15 is 0 Å². The van der Waals surface area contributed by atoms with Gasteiger partial charge in [-0.25, -0.2) is 0 Å². The topological polar surface area (TPSA) is 60.7 Å². The van der Waals surface area contributed by atoms with Gasteiger partial charge < -0.3 is 15.3 Å². The van der Waals surface area contributed by atoms with Crippen LogP contribution in [0.5, 0.6) is 17.2 Å². The molecule has 0 heterocycles. The Morgan fingerprint density at radius 1 is 0.436 bits per heavy atom. The van der Waals surface area contributed by atoms with Crippen molar-refractivity contribution in [1.82, 2.24) is 0 Å². The summed E-state index contributed by atoms with van der Waals surface area (Å²) in [7, 11) is 0. The number of hydrogen-bond donors (Lipinski definition) is 3. The number of phenolic OH excluding ortho intramolecular Hbond substituents is 3. The van der Waals surface area contributed by atoms with E-state index in [4.69, 9.17) is 0 Å². The van der Waals surface area contributed by atoms with E-state index in [2.05, 4.69) is 113 Å². The maximum atomic E-state index is 11.1. The van der Waals surface area contributed by atoms with Crippen molar-refractivity contribution in [3.05, 3.63) is 87.0 Å². The molecule has 212 valence electrons. The molecule has 39 heavy (non-hydrogen) atoms. The first-order valence-electron chi connectivity index (χ1n) is 14.1. The van der Waals surface area contributed by atoms with E-state index in [9.17, 15) is 15.3 Å². The van der Waals surface area contributed by atoms with E-state index in [1.54, 1.807) is 6.07 Å². The first-order chi connectivity index (χ1) is 17.6. The molecule has 0 saturated heterocycles. The zero-order valence-corrected chi connectivity index (χ0v) is 26.3. The maximum Gasteiger partial charge on any atom is 0.123 e. The number of benzene rings is 3. The third-order valence-corrected chi connectivity index (χ3v) is 7.52. The van der Waals surface area contributed by atoms with Crippen molar-refractivity contribution in [2.75, 3.05) is 0 Å². The molecule has 0 atom stereocenters. The number of aromatic hydroxyl groups is 3. The van der Waals surface area contributed by atoms with Crippen LogP contribution in [0, 0.1) is 0 Å². The molecule has 0 saturated carbocycles. The minimum atomic E-state index is -0.210. The average molecular weight is 531 g/mol. The number of rotatable bonds is 4. The van der Waals surface area contributed by atoms with Gasteiger partial charge >= 0.3 is 0 Å². The Kier molecular flexibility index (Phi) is 8.02. The number of hydrogen-bond acceptors (Lipinski definition) is 3. The van der Waals surface area contributed by atoms with Crippen LogP contribution in [0.1, 0.15) is 128 Å². The van der Waals surface area contributed by atoms with E-state index in [1.807, 2.05) is 6.07 Å². The highest BCUT2D eigenvalue weighted by Crippen LogP contribution is 2.42. The molecular weight excluding hydrogens is 480 g/mol. The van der Waals surface area contributed by atoms with Crippen LogP contribution in [-0.2, 0) is 34.5 Å². The molecule has 0 aliphatic carbocycles. The van der Waals surface area contributed by atoms with Gasteiger partial charge in [0.1, 0.15) is 17.2 Å². The molecule has 0 aliphatic heterocycles. The van der Waals surface area contributed by atoms with Gasteiger partial charge in [-0.1, -0.05) is 119 Å². The first-order valence-corrected chi connectivity index (χ1v) is 14.1. The van der Waals surface area contributed by atoms with Crippen LogP contribution in [0.25, 0.3) is 0 Å². The van der Waals surface area contributed by atoms with E-state index in [0.29, 0.717) is 24.3 Å². The van der Waals surface area contributed by atoms with Crippen LogP contribution in [0.2, 0.25) is 0 Å². The summed E-state index contributed by atoms with van der Waals surface area (Å²) in [6.45, 7) is 25.5. The predicted molar refractivity (Wildman–Crippen MR) is 165 cm³/mol. The Morgan fingerprint density at radius 2 is 0.769 bits per heavy atom. The Hall–Kier alpha value is -2.94. The van der Waals surface area contributed by atoms with Crippen LogP contribution in [-0.4, -0.2) is 15.3 Å². The molecule has 0 unspecified atom stereocenters. The molecule has 0 fully saturated rings. The van der Waals surface area contributed by atoms with Gasteiger partial charge in [0.15, 0.2) is 0 Å². The summed E-state index contributed by atoms with van der Waals surface area (Å²) < 4.78 is 0. The summed E-state index contributed by atoms with van der Waals surface area (Å²) >= 11 is 0. The van der Waals surface area contributed by atoms with E-state index < -0.39 is 0 Å². The molecule has 3 heteroatoms. The molecule has 3 aromatic rings. The van der Waals surface area contributed by atoms with Crippen LogP contribution in [0.15, 0.2) is 42.5 Å². The molecule has 0 spiro atoms. The normalized spacial score (nSPS) is 13.1. The largest absolute Gasteiger partial charge is 0.508 e. The highest BCUT2D eigenvalue weighted by atomic mass is 16.3. The third kappa shape index (κ3) is 6.99. The van der Waals surface area contributed by atoms with Crippen molar-refractivity contribution >= 4 is 0 Å². The van der Waals surface area contributed by atoms with Crippen molar-refractivity contribution in [1.29, 1.82) is 0 Å². The van der Waals surface area contributed by atoms with Crippen molar-refractivity contribution in [3.8, 4) is 17.2 Å². The lowest BCUT2D eigenvalue weighted by Gasteiger charge is -2.28. The van der Waals surface area contributed by atoms with E-state index in [0.717, 1.165) is 44.5 Å².